The van der Waals surface area contributed by atoms with Gasteiger partial charge in [-0.25, -0.2) is 13.6 Å². The Labute approximate surface area is 168 Å². The molecule has 7 nitrogen and oxygen atoms in total. The summed E-state index contributed by atoms with van der Waals surface area (Å²) < 4.78 is 33.1. The van der Waals surface area contributed by atoms with Gasteiger partial charge in [-0.3, -0.25) is 9.79 Å². The number of thioether (sulfide) groups is 1. The van der Waals surface area contributed by atoms with E-state index >= 15 is 0 Å². The lowest BCUT2D eigenvalue weighted by atomic mass is 10.2. The Morgan fingerprint density at radius 1 is 1.21 bits per heavy atom. The van der Waals surface area contributed by atoms with Crippen LogP contribution in [0.2, 0.25) is 0 Å². The zero-order valence-corrected chi connectivity index (χ0v) is 16.8. The summed E-state index contributed by atoms with van der Waals surface area (Å²) in [7, 11) is -2.26. The summed E-state index contributed by atoms with van der Waals surface area (Å²) in [4.78, 5) is 16.1. The van der Waals surface area contributed by atoms with Gasteiger partial charge in [0.25, 0.3) is 0 Å². The average Bonchev–Trinajstić information content (AvgIpc) is 2.67. The van der Waals surface area contributed by atoms with Crippen molar-refractivity contribution in [2.24, 2.45) is 10.1 Å². The van der Waals surface area contributed by atoms with E-state index in [2.05, 4.69) is 11.6 Å². The zero-order valence-electron chi connectivity index (χ0n) is 15.2. The molecular weight excluding hydrogens is 400 g/mol. The highest BCUT2D eigenvalue weighted by atomic mass is 32.2. The molecule has 9 heteroatoms. The number of nitrogens with zero attached hydrogens (tertiary/aromatic N) is 1. The first-order valence-electron chi connectivity index (χ1n) is 8.08. The molecule has 148 valence electrons. The number of sulfonamides is 1. The first-order chi connectivity index (χ1) is 13.3. The fraction of sp³-hybridized carbons (Fsp3) is 0.158. The molecule has 0 fully saturated rings. The fourth-order valence-corrected chi connectivity index (χ4v) is 3.12. The molecule has 0 unspecified atom stereocenters. The maximum Gasteiger partial charge on any atom is 0.321 e. The van der Waals surface area contributed by atoms with E-state index in [1.165, 1.54) is 31.0 Å². The van der Waals surface area contributed by atoms with Crippen LogP contribution in [0.25, 0.3) is 0 Å². The molecule has 0 aromatic heterocycles. The largest absolute Gasteiger partial charge is 0.493 e. The second kappa shape index (κ2) is 10.1. The van der Waals surface area contributed by atoms with Gasteiger partial charge in [-0.2, -0.15) is 0 Å². The summed E-state index contributed by atoms with van der Waals surface area (Å²) in [5.41, 5.74) is 1.27. The van der Waals surface area contributed by atoms with Gasteiger partial charge >= 0.3 is 5.97 Å². The van der Waals surface area contributed by atoms with Gasteiger partial charge in [-0.05, 0) is 48.0 Å². The number of carbonyl (C=O) groups is 1. The molecule has 2 aromatic rings. The van der Waals surface area contributed by atoms with Crippen LogP contribution in [0.1, 0.15) is 5.56 Å². The van der Waals surface area contributed by atoms with E-state index in [1.807, 2.05) is 0 Å². The first-order valence-corrected chi connectivity index (χ1v) is 10.8. The third-order valence-corrected chi connectivity index (χ3v) is 5.24. The molecule has 0 aliphatic heterocycles. The van der Waals surface area contributed by atoms with Gasteiger partial charge in [0.1, 0.15) is 0 Å². The summed E-state index contributed by atoms with van der Waals surface area (Å²) >= 11 is 1.41. The Kier molecular flexibility index (Phi) is 7.80. The summed E-state index contributed by atoms with van der Waals surface area (Å²) in [6.45, 7) is 3.60. The molecule has 2 rings (SSSR count). The van der Waals surface area contributed by atoms with Crippen molar-refractivity contribution in [3.8, 4) is 11.5 Å². The molecule has 0 spiro atoms. The molecule has 0 aliphatic carbocycles. The molecule has 28 heavy (non-hydrogen) atoms. The third-order valence-electron chi connectivity index (χ3n) is 3.40. The van der Waals surface area contributed by atoms with Gasteiger partial charge in [0.15, 0.2) is 11.5 Å². The number of ether oxygens (including phenoxy) is 2. The Hall–Kier alpha value is -2.62. The number of esters is 1. The van der Waals surface area contributed by atoms with Crippen molar-refractivity contribution >= 4 is 39.7 Å². The van der Waals surface area contributed by atoms with Crippen LogP contribution in [-0.2, 0) is 14.8 Å². The third kappa shape index (κ3) is 6.52. The number of nitrogens with two attached hydrogens (primary N) is 1. The molecule has 0 saturated carbocycles. The highest BCUT2D eigenvalue weighted by Crippen LogP contribution is 2.28. The standard InChI is InChI=1S/C19H20N2O5S2/c1-3-10-27-13-19(22)26-17-9-4-14(11-18(17)25-2)12-21-15-5-7-16(8-6-15)28(20,23)24/h3-9,11-12H,1,10,13H2,2H3,(H2,20,23,24). The number of methoxy groups -OCH3 is 1. The summed E-state index contributed by atoms with van der Waals surface area (Å²) in [5, 5.41) is 5.06. The van der Waals surface area contributed by atoms with Crippen molar-refractivity contribution in [2.75, 3.05) is 18.6 Å². The highest BCUT2D eigenvalue weighted by Gasteiger charge is 2.11. The lowest BCUT2D eigenvalue weighted by molar-refractivity contribution is -0.131. The molecule has 0 heterocycles. The van der Waals surface area contributed by atoms with Gasteiger partial charge in [0.2, 0.25) is 10.0 Å². The molecule has 0 saturated heterocycles. The molecule has 0 radical (unpaired) electrons. The topological polar surface area (TPSA) is 108 Å². The van der Waals surface area contributed by atoms with Crippen molar-refractivity contribution in [3.05, 3.63) is 60.7 Å². The first kappa shape index (κ1) is 21.7. The predicted molar refractivity (Wildman–Crippen MR) is 111 cm³/mol. The number of hydrogen-bond donors (Lipinski definition) is 1. The monoisotopic (exact) mass is 420 g/mol. The van der Waals surface area contributed by atoms with E-state index in [0.717, 1.165) is 0 Å². The maximum absolute atomic E-state index is 11.8. The van der Waals surface area contributed by atoms with E-state index in [0.29, 0.717) is 28.5 Å². The lowest BCUT2D eigenvalue weighted by Gasteiger charge is -2.09. The van der Waals surface area contributed by atoms with Crippen molar-refractivity contribution in [1.82, 2.24) is 0 Å². The number of aliphatic imine (C=N–C) groups is 1. The van der Waals surface area contributed by atoms with Crippen molar-refractivity contribution in [1.29, 1.82) is 0 Å². The van der Waals surface area contributed by atoms with E-state index in [9.17, 15) is 13.2 Å². The molecule has 0 atom stereocenters. The van der Waals surface area contributed by atoms with Crippen LogP contribution in [-0.4, -0.2) is 39.2 Å². The van der Waals surface area contributed by atoms with Gasteiger partial charge in [0, 0.05) is 12.0 Å². The minimum Gasteiger partial charge on any atom is -0.493 e. The second-order valence-electron chi connectivity index (χ2n) is 5.49. The molecule has 0 aliphatic rings. The molecule has 2 N–H and O–H groups in total. The smallest absolute Gasteiger partial charge is 0.321 e. The van der Waals surface area contributed by atoms with Crippen LogP contribution in [0, 0.1) is 0 Å². The molecular formula is C19H20N2O5S2. The molecule has 0 amide bonds. The number of primary sulfonamides is 1. The molecule has 0 bridgehead atoms. The lowest BCUT2D eigenvalue weighted by Crippen LogP contribution is -2.11. The van der Waals surface area contributed by atoms with Crippen LogP contribution in [0.15, 0.2) is 65.0 Å². The summed E-state index contributed by atoms with van der Waals surface area (Å²) in [6, 6.07) is 10.9. The fourth-order valence-electron chi connectivity index (χ4n) is 2.10. The van der Waals surface area contributed by atoms with Gasteiger partial charge in [-0.1, -0.05) is 6.08 Å². The maximum atomic E-state index is 11.8. The minimum absolute atomic E-state index is 0.0190. The van der Waals surface area contributed by atoms with Crippen LogP contribution in [0.4, 0.5) is 5.69 Å². The quantitative estimate of drug-likeness (QED) is 0.220. The van der Waals surface area contributed by atoms with Crippen molar-refractivity contribution in [2.45, 2.75) is 4.90 Å². The summed E-state index contributed by atoms with van der Waals surface area (Å²) in [5.74, 6) is 1.23. The van der Waals surface area contributed by atoms with Crippen molar-refractivity contribution < 1.29 is 22.7 Å². The number of rotatable bonds is 9. The average molecular weight is 421 g/mol. The van der Waals surface area contributed by atoms with E-state index in [-0.39, 0.29) is 16.6 Å². The van der Waals surface area contributed by atoms with Crippen LogP contribution in [0.5, 0.6) is 11.5 Å². The Morgan fingerprint density at radius 3 is 2.54 bits per heavy atom. The van der Waals surface area contributed by atoms with Crippen molar-refractivity contribution in [3.63, 3.8) is 0 Å². The SMILES string of the molecule is C=CCSCC(=O)Oc1ccc(C=Nc2ccc(S(N)(=O)=O)cc2)cc1OC. The highest BCUT2D eigenvalue weighted by molar-refractivity contribution is 8.00. The van der Waals surface area contributed by atoms with E-state index in [4.69, 9.17) is 14.6 Å². The van der Waals surface area contributed by atoms with Crippen LogP contribution in [0.3, 0.4) is 0 Å². The van der Waals surface area contributed by atoms with Gasteiger partial charge < -0.3 is 9.47 Å². The minimum atomic E-state index is -3.73. The van der Waals surface area contributed by atoms with Crippen LogP contribution >= 0.6 is 11.8 Å². The zero-order chi connectivity index (χ0) is 20.6. The Bertz CT molecular complexity index is 970. The number of carbonyl (C=O) groups excluding carboxylic acids is 1. The number of hydrogen-bond acceptors (Lipinski definition) is 7. The normalized spacial score (nSPS) is 11.4. The summed E-state index contributed by atoms with van der Waals surface area (Å²) in [6.07, 6.45) is 3.30. The Balaban J connectivity index is 2.09. The van der Waals surface area contributed by atoms with E-state index in [1.54, 1.807) is 42.6 Å². The Morgan fingerprint density at radius 2 is 1.93 bits per heavy atom. The van der Waals surface area contributed by atoms with Gasteiger partial charge in [-0.15, -0.1) is 18.3 Å². The van der Waals surface area contributed by atoms with Gasteiger partial charge in [0.05, 0.1) is 23.4 Å². The van der Waals surface area contributed by atoms with Crippen LogP contribution < -0.4 is 14.6 Å². The second-order valence-corrected chi connectivity index (χ2v) is 8.08. The molecule has 2 aromatic carbocycles. The van der Waals surface area contributed by atoms with E-state index < -0.39 is 10.0 Å². The predicted octanol–water partition coefficient (Wildman–Crippen LogP) is 2.92. The number of benzene rings is 2.